The highest BCUT2D eigenvalue weighted by Gasteiger charge is 2.06. The van der Waals surface area contributed by atoms with Crippen molar-refractivity contribution in [2.24, 2.45) is 0 Å². The van der Waals surface area contributed by atoms with Crippen molar-refractivity contribution in [2.45, 2.75) is 13.3 Å². The molecule has 3 nitrogen and oxygen atoms in total. The molecule has 2 rings (SSSR count). The highest BCUT2D eigenvalue weighted by atomic mass is 16.5. The molecule has 0 aliphatic heterocycles. The van der Waals surface area contributed by atoms with E-state index in [4.69, 9.17) is 9.15 Å². The average Bonchev–Trinajstić information content (AvgIpc) is 2.35. The normalized spacial score (nSPS) is 11.2. The summed E-state index contributed by atoms with van der Waals surface area (Å²) in [7, 11) is 1.57. The fourth-order valence-corrected chi connectivity index (χ4v) is 1.73. The van der Waals surface area contributed by atoms with Gasteiger partial charge in [-0.1, -0.05) is 12.2 Å². The van der Waals surface area contributed by atoms with Crippen LogP contribution in [-0.2, 0) is 6.42 Å². The molecular formula is C14H14O3. The second-order valence-corrected chi connectivity index (χ2v) is 3.74. The quantitative estimate of drug-likeness (QED) is 0.601. The topological polar surface area (TPSA) is 39.4 Å². The number of rotatable bonds is 3. The Kier molecular flexibility index (Phi) is 3.28. The first-order valence-electron chi connectivity index (χ1n) is 5.46. The van der Waals surface area contributed by atoms with Crippen molar-refractivity contribution in [3.8, 4) is 5.75 Å². The molecule has 0 bridgehead atoms. The van der Waals surface area contributed by atoms with Crippen LogP contribution in [0.1, 0.15) is 12.5 Å². The maximum Gasteiger partial charge on any atom is 0.336 e. The molecule has 1 aromatic carbocycles. The van der Waals surface area contributed by atoms with E-state index in [0.717, 1.165) is 17.4 Å². The monoisotopic (exact) mass is 230 g/mol. The minimum Gasteiger partial charge on any atom is -0.493 e. The van der Waals surface area contributed by atoms with E-state index in [1.54, 1.807) is 13.2 Å². The number of allylic oxidation sites excluding steroid dienone is 2. The Hall–Kier alpha value is -2.03. The zero-order chi connectivity index (χ0) is 12.3. The minimum atomic E-state index is -0.364. The van der Waals surface area contributed by atoms with Gasteiger partial charge in [-0.3, -0.25) is 0 Å². The Labute approximate surface area is 99.3 Å². The lowest BCUT2D eigenvalue weighted by Crippen LogP contribution is -1.97. The molecular weight excluding hydrogens is 216 g/mol. The van der Waals surface area contributed by atoms with Crippen molar-refractivity contribution >= 4 is 11.0 Å². The summed E-state index contributed by atoms with van der Waals surface area (Å²) >= 11 is 0. The van der Waals surface area contributed by atoms with Crippen molar-refractivity contribution in [1.29, 1.82) is 0 Å². The van der Waals surface area contributed by atoms with Crippen molar-refractivity contribution in [3.05, 3.63) is 52.4 Å². The van der Waals surface area contributed by atoms with E-state index in [1.807, 2.05) is 25.1 Å². The number of hydrogen-bond acceptors (Lipinski definition) is 3. The maximum absolute atomic E-state index is 11.2. The first-order valence-corrected chi connectivity index (χ1v) is 5.46. The van der Waals surface area contributed by atoms with Gasteiger partial charge in [0.2, 0.25) is 0 Å². The van der Waals surface area contributed by atoms with Gasteiger partial charge in [-0.15, -0.1) is 0 Å². The summed E-state index contributed by atoms with van der Waals surface area (Å²) in [5.41, 5.74) is 1.27. The number of benzene rings is 1. The van der Waals surface area contributed by atoms with Gasteiger partial charge in [0.1, 0.15) is 0 Å². The van der Waals surface area contributed by atoms with E-state index in [-0.39, 0.29) is 5.63 Å². The van der Waals surface area contributed by atoms with Gasteiger partial charge in [0, 0.05) is 11.5 Å². The second-order valence-electron chi connectivity index (χ2n) is 3.74. The van der Waals surface area contributed by atoms with Crippen molar-refractivity contribution < 1.29 is 9.15 Å². The van der Waals surface area contributed by atoms with Crippen molar-refractivity contribution in [1.82, 2.24) is 0 Å². The molecule has 0 fully saturated rings. The lowest BCUT2D eigenvalue weighted by Gasteiger charge is -2.06. The van der Waals surface area contributed by atoms with Crippen molar-refractivity contribution in [2.75, 3.05) is 7.11 Å². The third kappa shape index (κ3) is 2.38. The third-order valence-electron chi connectivity index (χ3n) is 2.55. The summed E-state index contributed by atoms with van der Waals surface area (Å²) in [4.78, 5) is 11.2. The zero-order valence-electron chi connectivity index (χ0n) is 9.90. The standard InChI is InChI=1S/C14H14O3/c1-3-4-5-10-8-11-6-7-13(15)17-14(11)12(9-10)16-2/h3-4,6-9H,5H2,1-2H3/b4-3+. The van der Waals surface area contributed by atoms with Crippen molar-refractivity contribution in [3.63, 3.8) is 0 Å². The molecule has 1 aromatic heterocycles. The van der Waals surface area contributed by atoms with E-state index in [0.29, 0.717) is 11.3 Å². The molecule has 2 aromatic rings. The Morgan fingerprint density at radius 3 is 2.88 bits per heavy atom. The summed E-state index contributed by atoms with van der Waals surface area (Å²) < 4.78 is 10.4. The molecule has 0 aliphatic carbocycles. The lowest BCUT2D eigenvalue weighted by molar-refractivity contribution is 0.406. The molecule has 0 spiro atoms. The fourth-order valence-electron chi connectivity index (χ4n) is 1.73. The molecule has 17 heavy (non-hydrogen) atoms. The molecule has 0 radical (unpaired) electrons. The number of methoxy groups -OCH3 is 1. The lowest BCUT2D eigenvalue weighted by atomic mass is 10.1. The van der Waals surface area contributed by atoms with Crippen LogP contribution in [-0.4, -0.2) is 7.11 Å². The summed E-state index contributed by atoms with van der Waals surface area (Å²) in [6.45, 7) is 1.98. The van der Waals surface area contributed by atoms with Crippen LogP contribution in [0.2, 0.25) is 0 Å². The molecule has 0 N–H and O–H groups in total. The van der Waals surface area contributed by atoms with Crippen LogP contribution in [0, 0.1) is 0 Å². The summed E-state index contributed by atoms with van der Waals surface area (Å²) in [6.07, 6.45) is 4.91. The smallest absolute Gasteiger partial charge is 0.336 e. The van der Waals surface area contributed by atoms with E-state index in [1.165, 1.54) is 6.07 Å². The number of fused-ring (bicyclic) bond motifs is 1. The van der Waals surface area contributed by atoms with E-state index in [2.05, 4.69) is 6.08 Å². The largest absolute Gasteiger partial charge is 0.493 e. The SMILES string of the molecule is C/C=C/Cc1cc(OC)c2oc(=O)ccc2c1. The predicted octanol–water partition coefficient (Wildman–Crippen LogP) is 2.92. The van der Waals surface area contributed by atoms with Gasteiger partial charge in [0.25, 0.3) is 0 Å². The highest BCUT2D eigenvalue weighted by Crippen LogP contribution is 2.26. The molecule has 0 saturated carbocycles. The van der Waals surface area contributed by atoms with Gasteiger partial charge in [0.05, 0.1) is 7.11 Å². The van der Waals surface area contributed by atoms with Crippen LogP contribution < -0.4 is 10.4 Å². The van der Waals surface area contributed by atoms with Crippen LogP contribution in [0.4, 0.5) is 0 Å². The molecule has 88 valence electrons. The molecule has 1 heterocycles. The van der Waals surface area contributed by atoms with E-state index < -0.39 is 0 Å². The average molecular weight is 230 g/mol. The first kappa shape index (κ1) is 11.5. The van der Waals surface area contributed by atoms with Gasteiger partial charge in [-0.25, -0.2) is 4.79 Å². The molecule has 0 aliphatic rings. The first-order chi connectivity index (χ1) is 8.24. The molecule has 0 unspecified atom stereocenters. The van der Waals surface area contributed by atoms with Crippen LogP contribution in [0.3, 0.4) is 0 Å². The zero-order valence-corrected chi connectivity index (χ0v) is 9.90. The van der Waals surface area contributed by atoms with Crippen LogP contribution >= 0.6 is 0 Å². The fraction of sp³-hybridized carbons (Fsp3) is 0.214. The van der Waals surface area contributed by atoms with E-state index in [9.17, 15) is 4.79 Å². The Morgan fingerprint density at radius 1 is 1.35 bits per heavy atom. The summed E-state index contributed by atoms with van der Waals surface area (Å²) in [5, 5.41) is 0.878. The van der Waals surface area contributed by atoms with Crippen LogP contribution in [0.5, 0.6) is 5.75 Å². The summed E-state index contributed by atoms with van der Waals surface area (Å²) in [5.74, 6) is 0.597. The third-order valence-corrected chi connectivity index (χ3v) is 2.55. The minimum absolute atomic E-state index is 0.364. The Balaban J connectivity index is 2.61. The maximum atomic E-state index is 11.2. The van der Waals surface area contributed by atoms with Gasteiger partial charge in [-0.05, 0) is 37.1 Å². The highest BCUT2D eigenvalue weighted by molar-refractivity contribution is 5.83. The van der Waals surface area contributed by atoms with E-state index >= 15 is 0 Å². The van der Waals surface area contributed by atoms with Gasteiger partial charge in [0.15, 0.2) is 11.3 Å². The molecule has 0 atom stereocenters. The molecule has 0 amide bonds. The number of ether oxygens (including phenoxy) is 1. The molecule has 0 saturated heterocycles. The Bertz CT molecular complexity index is 608. The number of hydrogen-bond donors (Lipinski definition) is 0. The molecule has 3 heteroatoms. The second kappa shape index (κ2) is 4.87. The van der Waals surface area contributed by atoms with Gasteiger partial charge >= 0.3 is 5.63 Å². The van der Waals surface area contributed by atoms with Gasteiger partial charge in [-0.2, -0.15) is 0 Å². The van der Waals surface area contributed by atoms with Crippen LogP contribution in [0.15, 0.2) is 45.6 Å². The Morgan fingerprint density at radius 2 is 2.18 bits per heavy atom. The predicted molar refractivity (Wildman–Crippen MR) is 67.6 cm³/mol. The van der Waals surface area contributed by atoms with Gasteiger partial charge < -0.3 is 9.15 Å². The summed E-state index contributed by atoms with van der Waals surface area (Å²) in [6, 6.07) is 7.07. The van der Waals surface area contributed by atoms with Crippen LogP contribution in [0.25, 0.3) is 11.0 Å².